The molecule has 0 spiro atoms. The number of ketones is 1. The standard InChI is InChI=1S/C17H13F3O/c18-17(19,20)14-7-4-11(5-8-14)12-6-9-15-13(10-12)2-1-3-16(15)21/h4-10H,1-3H2. The molecule has 0 unspecified atom stereocenters. The van der Waals surface area contributed by atoms with Crippen LogP contribution in [0.2, 0.25) is 0 Å². The van der Waals surface area contributed by atoms with Crippen LogP contribution >= 0.6 is 0 Å². The third-order valence-electron chi connectivity index (χ3n) is 3.80. The van der Waals surface area contributed by atoms with Gasteiger partial charge in [-0.1, -0.05) is 30.3 Å². The van der Waals surface area contributed by atoms with Crippen molar-refractivity contribution in [2.45, 2.75) is 25.4 Å². The van der Waals surface area contributed by atoms with Crippen LogP contribution in [0, 0.1) is 0 Å². The quantitative estimate of drug-likeness (QED) is 0.730. The van der Waals surface area contributed by atoms with Gasteiger partial charge in [0.1, 0.15) is 0 Å². The van der Waals surface area contributed by atoms with E-state index in [1.165, 1.54) is 12.1 Å². The Labute approximate surface area is 120 Å². The number of rotatable bonds is 1. The first-order valence-corrected chi connectivity index (χ1v) is 6.79. The third kappa shape index (κ3) is 2.71. The van der Waals surface area contributed by atoms with E-state index in [-0.39, 0.29) is 5.78 Å². The van der Waals surface area contributed by atoms with Gasteiger partial charge in [-0.3, -0.25) is 4.79 Å². The summed E-state index contributed by atoms with van der Waals surface area (Å²) >= 11 is 0. The van der Waals surface area contributed by atoms with Gasteiger partial charge in [0.05, 0.1) is 5.56 Å². The highest BCUT2D eigenvalue weighted by molar-refractivity contribution is 5.99. The minimum Gasteiger partial charge on any atom is -0.294 e. The topological polar surface area (TPSA) is 17.1 Å². The SMILES string of the molecule is O=C1CCCc2cc(-c3ccc(C(F)(F)F)cc3)ccc21. The Morgan fingerprint density at radius 2 is 1.52 bits per heavy atom. The van der Waals surface area contributed by atoms with Crippen molar-refractivity contribution in [1.29, 1.82) is 0 Å². The maximum atomic E-state index is 12.6. The van der Waals surface area contributed by atoms with E-state index in [2.05, 4.69) is 0 Å². The molecule has 0 atom stereocenters. The molecule has 108 valence electrons. The molecule has 4 heteroatoms. The Bertz CT molecular complexity index is 684. The molecule has 1 aliphatic rings. The molecular formula is C17H13F3O. The summed E-state index contributed by atoms with van der Waals surface area (Å²) in [7, 11) is 0. The van der Waals surface area contributed by atoms with Crippen molar-refractivity contribution in [3.05, 3.63) is 59.2 Å². The van der Waals surface area contributed by atoms with Gasteiger partial charge in [-0.15, -0.1) is 0 Å². The second-order valence-electron chi connectivity index (χ2n) is 5.22. The molecule has 1 nitrogen and oxygen atoms in total. The van der Waals surface area contributed by atoms with Gasteiger partial charge in [0, 0.05) is 12.0 Å². The fraction of sp³-hybridized carbons (Fsp3) is 0.235. The van der Waals surface area contributed by atoms with Crippen molar-refractivity contribution >= 4 is 5.78 Å². The van der Waals surface area contributed by atoms with Gasteiger partial charge in [-0.25, -0.2) is 0 Å². The van der Waals surface area contributed by atoms with Gasteiger partial charge in [-0.05, 0) is 41.7 Å². The molecule has 0 heterocycles. The Kier molecular flexibility index (Phi) is 3.32. The lowest BCUT2D eigenvalue weighted by atomic mass is 9.88. The highest BCUT2D eigenvalue weighted by Gasteiger charge is 2.30. The zero-order valence-corrected chi connectivity index (χ0v) is 11.2. The molecule has 0 radical (unpaired) electrons. The number of carbonyl (C=O) groups excluding carboxylic acids is 1. The van der Waals surface area contributed by atoms with E-state index in [0.717, 1.165) is 47.2 Å². The molecule has 0 aliphatic heterocycles. The van der Waals surface area contributed by atoms with Gasteiger partial charge < -0.3 is 0 Å². The number of Topliss-reactive ketones (excluding diaryl/α,β-unsaturated/α-hetero) is 1. The van der Waals surface area contributed by atoms with Crippen LogP contribution in [0.25, 0.3) is 11.1 Å². The molecule has 0 bridgehead atoms. The fourth-order valence-electron chi connectivity index (χ4n) is 2.68. The molecule has 2 aromatic carbocycles. The van der Waals surface area contributed by atoms with E-state index in [0.29, 0.717) is 6.42 Å². The molecule has 0 aromatic heterocycles. The van der Waals surface area contributed by atoms with E-state index in [1.807, 2.05) is 6.07 Å². The summed E-state index contributed by atoms with van der Waals surface area (Å²) in [4.78, 5) is 11.8. The van der Waals surface area contributed by atoms with Crippen LogP contribution in [0.4, 0.5) is 13.2 Å². The average molecular weight is 290 g/mol. The summed E-state index contributed by atoms with van der Waals surface area (Å²) in [6.07, 6.45) is -2.06. The number of fused-ring (bicyclic) bond motifs is 1. The predicted octanol–water partition coefficient (Wildman–Crippen LogP) is 4.89. The minimum absolute atomic E-state index is 0.148. The van der Waals surface area contributed by atoms with Crippen LogP contribution in [0.5, 0.6) is 0 Å². The lowest BCUT2D eigenvalue weighted by Crippen LogP contribution is -2.10. The third-order valence-corrected chi connectivity index (χ3v) is 3.80. The first-order valence-electron chi connectivity index (χ1n) is 6.79. The Morgan fingerprint density at radius 3 is 2.19 bits per heavy atom. The van der Waals surface area contributed by atoms with Crippen molar-refractivity contribution in [2.24, 2.45) is 0 Å². The van der Waals surface area contributed by atoms with Crippen LogP contribution in [-0.2, 0) is 12.6 Å². The summed E-state index contributed by atoms with van der Waals surface area (Å²) in [5.41, 5.74) is 2.65. The first kappa shape index (κ1) is 13.9. The van der Waals surface area contributed by atoms with Crippen LogP contribution in [0.3, 0.4) is 0 Å². The number of hydrogen-bond acceptors (Lipinski definition) is 1. The van der Waals surface area contributed by atoms with E-state index >= 15 is 0 Å². The van der Waals surface area contributed by atoms with Crippen molar-refractivity contribution in [1.82, 2.24) is 0 Å². The van der Waals surface area contributed by atoms with Gasteiger partial charge in [0.2, 0.25) is 0 Å². The number of carbonyl (C=O) groups is 1. The summed E-state index contributed by atoms with van der Waals surface area (Å²) in [5, 5.41) is 0. The highest BCUT2D eigenvalue weighted by atomic mass is 19.4. The van der Waals surface area contributed by atoms with Gasteiger partial charge in [0.25, 0.3) is 0 Å². The lowest BCUT2D eigenvalue weighted by molar-refractivity contribution is -0.137. The van der Waals surface area contributed by atoms with Crippen LogP contribution in [0.1, 0.15) is 34.3 Å². The number of hydrogen-bond donors (Lipinski definition) is 0. The number of alkyl halides is 3. The summed E-state index contributed by atoms with van der Waals surface area (Å²) in [6.45, 7) is 0. The highest BCUT2D eigenvalue weighted by Crippen LogP contribution is 2.32. The normalized spacial score (nSPS) is 14.9. The Morgan fingerprint density at radius 1 is 0.857 bits per heavy atom. The first-order chi connectivity index (χ1) is 9.95. The van der Waals surface area contributed by atoms with Crippen molar-refractivity contribution in [3.8, 4) is 11.1 Å². The largest absolute Gasteiger partial charge is 0.416 e. The Balaban J connectivity index is 1.96. The number of halogens is 3. The Hall–Kier alpha value is -2.10. The van der Waals surface area contributed by atoms with Gasteiger partial charge >= 0.3 is 6.18 Å². The molecular weight excluding hydrogens is 277 g/mol. The number of aryl methyl sites for hydroxylation is 1. The van der Waals surface area contributed by atoms with E-state index in [1.54, 1.807) is 12.1 Å². The maximum absolute atomic E-state index is 12.6. The second kappa shape index (κ2) is 5.02. The maximum Gasteiger partial charge on any atom is 0.416 e. The smallest absolute Gasteiger partial charge is 0.294 e. The molecule has 0 fully saturated rings. The molecule has 0 saturated heterocycles. The number of benzene rings is 2. The monoisotopic (exact) mass is 290 g/mol. The molecule has 0 saturated carbocycles. The minimum atomic E-state index is -4.32. The van der Waals surface area contributed by atoms with E-state index in [4.69, 9.17) is 0 Å². The van der Waals surface area contributed by atoms with Gasteiger partial charge in [0.15, 0.2) is 5.78 Å². The van der Waals surface area contributed by atoms with Crippen LogP contribution in [-0.4, -0.2) is 5.78 Å². The fourth-order valence-corrected chi connectivity index (χ4v) is 2.68. The van der Waals surface area contributed by atoms with E-state index < -0.39 is 11.7 Å². The molecule has 2 aromatic rings. The molecule has 1 aliphatic carbocycles. The molecule has 0 N–H and O–H groups in total. The lowest BCUT2D eigenvalue weighted by Gasteiger charge is -2.16. The van der Waals surface area contributed by atoms with Crippen LogP contribution in [0.15, 0.2) is 42.5 Å². The van der Waals surface area contributed by atoms with Crippen molar-refractivity contribution in [3.63, 3.8) is 0 Å². The molecule has 0 amide bonds. The molecule has 3 rings (SSSR count). The average Bonchev–Trinajstić information content (AvgIpc) is 2.46. The summed E-state index contributed by atoms with van der Waals surface area (Å²) in [5.74, 6) is 0.148. The van der Waals surface area contributed by atoms with Crippen molar-refractivity contribution < 1.29 is 18.0 Å². The summed E-state index contributed by atoms with van der Waals surface area (Å²) in [6, 6.07) is 10.6. The summed E-state index contributed by atoms with van der Waals surface area (Å²) < 4.78 is 37.7. The van der Waals surface area contributed by atoms with Crippen molar-refractivity contribution in [2.75, 3.05) is 0 Å². The van der Waals surface area contributed by atoms with E-state index in [9.17, 15) is 18.0 Å². The zero-order valence-electron chi connectivity index (χ0n) is 11.2. The molecule has 21 heavy (non-hydrogen) atoms. The predicted molar refractivity (Wildman–Crippen MR) is 74.1 cm³/mol. The van der Waals surface area contributed by atoms with Gasteiger partial charge in [-0.2, -0.15) is 13.2 Å². The second-order valence-corrected chi connectivity index (χ2v) is 5.22. The van der Waals surface area contributed by atoms with Crippen LogP contribution < -0.4 is 0 Å². The zero-order chi connectivity index (χ0) is 15.0.